The first-order chi connectivity index (χ1) is 8.13. The smallest absolute Gasteiger partial charge is 0.333 e. The molecule has 0 amide bonds. The van der Waals surface area contributed by atoms with Crippen LogP contribution < -0.4 is 0 Å². The molecule has 1 aromatic rings. The van der Waals surface area contributed by atoms with Gasteiger partial charge in [0.05, 0.1) is 6.61 Å². The molecule has 1 aromatic carbocycles. The lowest BCUT2D eigenvalue weighted by Crippen LogP contribution is -2.06. The maximum atomic E-state index is 11.5. The number of rotatable bonds is 5. The molecular formula is C14H18O3. The topological polar surface area (TPSA) is 46.5 Å². The Morgan fingerprint density at radius 3 is 2.59 bits per heavy atom. The molecule has 0 saturated carbocycles. The molecule has 1 rings (SSSR count). The monoisotopic (exact) mass is 234 g/mol. The zero-order chi connectivity index (χ0) is 12.7. The van der Waals surface area contributed by atoms with Crippen molar-refractivity contribution in [3.63, 3.8) is 0 Å². The van der Waals surface area contributed by atoms with E-state index in [1.807, 2.05) is 6.92 Å². The van der Waals surface area contributed by atoms with Crippen LogP contribution in [0.15, 0.2) is 29.8 Å². The summed E-state index contributed by atoms with van der Waals surface area (Å²) in [5.74, 6) is -0.0724. The molecule has 0 saturated heterocycles. The SMILES string of the molecule is CCCCOC(=O)C(C)=Cc1ccc(O)cc1. The normalized spacial score (nSPS) is 11.3. The van der Waals surface area contributed by atoms with Gasteiger partial charge in [-0.3, -0.25) is 0 Å². The molecule has 0 aliphatic heterocycles. The second kappa shape index (κ2) is 6.74. The van der Waals surface area contributed by atoms with Gasteiger partial charge in [0.2, 0.25) is 0 Å². The van der Waals surface area contributed by atoms with Crippen molar-refractivity contribution < 1.29 is 14.6 Å². The van der Waals surface area contributed by atoms with Crippen molar-refractivity contribution in [3.05, 3.63) is 35.4 Å². The molecule has 0 bridgehead atoms. The maximum Gasteiger partial charge on any atom is 0.333 e. The average molecular weight is 234 g/mol. The molecule has 0 heterocycles. The fourth-order valence-electron chi connectivity index (χ4n) is 1.30. The first-order valence-electron chi connectivity index (χ1n) is 5.78. The van der Waals surface area contributed by atoms with Gasteiger partial charge in [0, 0.05) is 5.57 Å². The number of ether oxygens (including phenoxy) is 1. The fraction of sp³-hybridized carbons (Fsp3) is 0.357. The predicted molar refractivity (Wildman–Crippen MR) is 67.6 cm³/mol. The Morgan fingerprint density at radius 1 is 1.35 bits per heavy atom. The van der Waals surface area contributed by atoms with Gasteiger partial charge in [-0.25, -0.2) is 4.79 Å². The molecule has 0 aromatic heterocycles. The molecule has 92 valence electrons. The number of phenols is 1. The van der Waals surface area contributed by atoms with Gasteiger partial charge in [-0.2, -0.15) is 0 Å². The second-order valence-corrected chi connectivity index (χ2v) is 3.91. The quantitative estimate of drug-likeness (QED) is 0.483. The second-order valence-electron chi connectivity index (χ2n) is 3.91. The highest BCUT2D eigenvalue weighted by molar-refractivity contribution is 5.92. The largest absolute Gasteiger partial charge is 0.508 e. The summed E-state index contributed by atoms with van der Waals surface area (Å²) in [5.41, 5.74) is 1.43. The maximum absolute atomic E-state index is 11.5. The summed E-state index contributed by atoms with van der Waals surface area (Å²) in [7, 11) is 0. The van der Waals surface area contributed by atoms with E-state index in [-0.39, 0.29) is 11.7 Å². The van der Waals surface area contributed by atoms with Crippen molar-refractivity contribution in [1.82, 2.24) is 0 Å². The molecule has 3 heteroatoms. The van der Waals surface area contributed by atoms with Gasteiger partial charge < -0.3 is 9.84 Å². The lowest BCUT2D eigenvalue weighted by molar-refractivity contribution is -0.138. The van der Waals surface area contributed by atoms with E-state index in [1.165, 1.54) is 0 Å². The van der Waals surface area contributed by atoms with Crippen LogP contribution in [0.2, 0.25) is 0 Å². The third kappa shape index (κ3) is 4.72. The molecule has 0 fully saturated rings. The van der Waals surface area contributed by atoms with Crippen LogP contribution in [0.25, 0.3) is 6.08 Å². The highest BCUT2D eigenvalue weighted by Crippen LogP contribution is 2.13. The Bertz CT molecular complexity index is 390. The number of aromatic hydroxyl groups is 1. The van der Waals surface area contributed by atoms with Crippen molar-refractivity contribution >= 4 is 12.0 Å². The number of carbonyl (C=O) groups is 1. The van der Waals surface area contributed by atoms with Crippen LogP contribution >= 0.6 is 0 Å². The molecule has 0 aliphatic carbocycles. The van der Waals surface area contributed by atoms with Crippen molar-refractivity contribution in [2.24, 2.45) is 0 Å². The van der Waals surface area contributed by atoms with Gasteiger partial charge in [-0.1, -0.05) is 25.5 Å². The highest BCUT2D eigenvalue weighted by Gasteiger charge is 2.05. The number of unbranched alkanes of at least 4 members (excludes halogenated alkanes) is 1. The zero-order valence-corrected chi connectivity index (χ0v) is 10.3. The third-order valence-electron chi connectivity index (χ3n) is 2.33. The van der Waals surface area contributed by atoms with Gasteiger partial charge in [-0.15, -0.1) is 0 Å². The molecule has 0 radical (unpaired) electrons. The van der Waals surface area contributed by atoms with Gasteiger partial charge in [0.15, 0.2) is 0 Å². The number of esters is 1. The summed E-state index contributed by atoms with van der Waals surface area (Å²) >= 11 is 0. The Morgan fingerprint density at radius 2 is 2.00 bits per heavy atom. The van der Waals surface area contributed by atoms with E-state index < -0.39 is 0 Å². The number of phenolic OH excluding ortho intramolecular Hbond substituents is 1. The summed E-state index contributed by atoms with van der Waals surface area (Å²) in [5, 5.41) is 9.13. The van der Waals surface area contributed by atoms with Crippen LogP contribution in [-0.2, 0) is 9.53 Å². The van der Waals surface area contributed by atoms with Crippen LogP contribution in [0.3, 0.4) is 0 Å². The highest BCUT2D eigenvalue weighted by atomic mass is 16.5. The third-order valence-corrected chi connectivity index (χ3v) is 2.33. The summed E-state index contributed by atoms with van der Waals surface area (Å²) in [6.07, 6.45) is 3.64. The van der Waals surface area contributed by atoms with E-state index in [1.54, 1.807) is 37.3 Å². The number of hydrogen-bond donors (Lipinski definition) is 1. The molecule has 17 heavy (non-hydrogen) atoms. The fourth-order valence-corrected chi connectivity index (χ4v) is 1.30. The summed E-state index contributed by atoms with van der Waals surface area (Å²) in [6, 6.07) is 6.67. The van der Waals surface area contributed by atoms with Crippen LogP contribution in [0.5, 0.6) is 5.75 Å². The van der Waals surface area contributed by atoms with Crippen LogP contribution in [0.4, 0.5) is 0 Å². The number of hydrogen-bond acceptors (Lipinski definition) is 3. The van der Waals surface area contributed by atoms with Gasteiger partial charge in [0.25, 0.3) is 0 Å². The van der Waals surface area contributed by atoms with Crippen LogP contribution in [0, 0.1) is 0 Å². The Balaban J connectivity index is 2.59. The standard InChI is InChI=1S/C14H18O3/c1-3-4-9-17-14(16)11(2)10-12-5-7-13(15)8-6-12/h5-8,10,15H,3-4,9H2,1-2H3. The van der Waals surface area contributed by atoms with Crippen LogP contribution in [0.1, 0.15) is 32.3 Å². The van der Waals surface area contributed by atoms with E-state index in [4.69, 9.17) is 9.84 Å². The van der Waals surface area contributed by atoms with Crippen molar-refractivity contribution in [1.29, 1.82) is 0 Å². The molecule has 0 unspecified atom stereocenters. The Hall–Kier alpha value is -1.77. The number of carbonyl (C=O) groups excluding carboxylic acids is 1. The molecule has 3 nitrogen and oxygen atoms in total. The first-order valence-corrected chi connectivity index (χ1v) is 5.78. The van der Waals surface area contributed by atoms with E-state index in [0.717, 1.165) is 18.4 Å². The summed E-state index contributed by atoms with van der Waals surface area (Å²) < 4.78 is 5.08. The van der Waals surface area contributed by atoms with Gasteiger partial charge in [0.1, 0.15) is 5.75 Å². The molecule has 0 spiro atoms. The summed E-state index contributed by atoms with van der Waals surface area (Å²) in [6.45, 7) is 4.24. The molecule has 1 N–H and O–H groups in total. The van der Waals surface area contributed by atoms with Crippen molar-refractivity contribution in [3.8, 4) is 5.75 Å². The molecule has 0 aliphatic rings. The zero-order valence-electron chi connectivity index (χ0n) is 10.3. The lowest BCUT2D eigenvalue weighted by atomic mass is 10.1. The number of benzene rings is 1. The molecule has 0 atom stereocenters. The van der Waals surface area contributed by atoms with Gasteiger partial charge >= 0.3 is 5.97 Å². The molecular weight excluding hydrogens is 216 g/mol. The van der Waals surface area contributed by atoms with E-state index in [9.17, 15) is 4.79 Å². The first kappa shape index (κ1) is 13.3. The van der Waals surface area contributed by atoms with Crippen molar-refractivity contribution in [2.75, 3.05) is 6.61 Å². The minimum absolute atomic E-state index is 0.213. The van der Waals surface area contributed by atoms with E-state index >= 15 is 0 Å². The Labute approximate surface area is 102 Å². The van der Waals surface area contributed by atoms with Gasteiger partial charge in [-0.05, 0) is 37.1 Å². The minimum atomic E-state index is -0.286. The van der Waals surface area contributed by atoms with Crippen LogP contribution in [-0.4, -0.2) is 17.7 Å². The van der Waals surface area contributed by atoms with E-state index in [2.05, 4.69) is 0 Å². The minimum Gasteiger partial charge on any atom is -0.508 e. The average Bonchev–Trinajstić information content (AvgIpc) is 2.32. The van der Waals surface area contributed by atoms with Crippen molar-refractivity contribution in [2.45, 2.75) is 26.7 Å². The predicted octanol–water partition coefficient (Wildman–Crippen LogP) is 3.14. The van der Waals surface area contributed by atoms with E-state index in [0.29, 0.717) is 12.2 Å². The summed E-state index contributed by atoms with van der Waals surface area (Å²) in [4.78, 5) is 11.5. The lowest BCUT2D eigenvalue weighted by Gasteiger charge is -2.04. The Kier molecular flexibility index (Phi) is 5.27.